The van der Waals surface area contributed by atoms with Crippen molar-refractivity contribution < 1.29 is 34.7 Å². The zero-order chi connectivity index (χ0) is 18.2. The number of morpholine rings is 1. The first kappa shape index (κ1) is 19.2. The Labute approximate surface area is 138 Å². The van der Waals surface area contributed by atoms with Crippen molar-refractivity contribution in [2.45, 2.75) is 34.7 Å². The first-order chi connectivity index (χ1) is 11.0. The molecule has 6 nitrogen and oxygen atoms in total. The van der Waals surface area contributed by atoms with Gasteiger partial charge in [0.05, 0.1) is 17.6 Å². The summed E-state index contributed by atoms with van der Waals surface area (Å²) in [6.07, 6.45) is 0.133. The average molecular weight is 387 g/mol. The van der Waals surface area contributed by atoms with Gasteiger partial charge in [0.1, 0.15) is 4.90 Å². The molecule has 0 unspecified atom stereocenters. The molecule has 0 aromatic heterocycles. The molecule has 11 heteroatoms. The molecule has 0 aliphatic carbocycles. The highest BCUT2D eigenvalue weighted by molar-refractivity contribution is 7.94. The number of nitrogens with zero attached hydrogens (tertiary/aromatic N) is 1. The van der Waals surface area contributed by atoms with Crippen LogP contribution in [-0.4, -0.2) is 52.4 Å². The van der Waals surface area contributed by atoms with Gasteiger partial charge in [-0.25, -0.2) is 16.8 Å². The first-order valence-corrected chi connectivity index (χ1v) is 9.96. The molecular weight excluding hydrogens is 371 g/mol. The third kappa shape index (κ3) is 3.44. The summed E-state index contributed by atoms with van der Waals surface area (Å²) in [6.45, 7) is 1.77. The Morgan fingerprint density at radius 1 is 1.17 bits per heavy atom. The molecule has 0 saturated carbocycles. The Morgan fingerprint density at radius 3 is 2.29 bits per heavy atom. The lowest BCUT2D eigenvalue weighted by atomic mass is 10.2. The summed E-state index contributed by atoms with van der Waals surface area (Å²) in [5.41, 5.74) is -5.59. The maximum absolute atomic E-state index is 12.8. The topological polar surface area (TPSA) is 80.8 Å². The van der Waals surface area contributed by atoms with E-state index in [0.29, 0.717) is 12.5 Å². The number of sulfonamides is 1. The Hall–Kier alpha value is -1.17. The molecule has 1 atom stereocenters. The van der Waals surface area contributed by atoms with Crippen LogP contribution < -0.4 is 0 Å². The van der Waals surface area contributed by atoms with Gasteiger partial charge < -0.3 is 4.74 Å². The van der Waals surface area contributed by atoms with Crippen LogP contribution in [0.25, 0.3) is 0 Å². The van der Waals surface area contributed by atoms with E-state index >= 15 is 0 Å². The molecule has 0 amide bonds. The molecule has 2 rings (SSSR count). The van der Waals surface area contributed by atoms with Crippen LogP contribution in [0, 0.1) is 0 Å². The third-order valence-electron chi connectivity index (χ3n) is 3.62. The minimum Gasteiger partial charge on any atom is -0.375 e. The van der Waals surface area contributed by atoms with Crippen molar-refractivity contribution in [2.24, 2.45) is 0 Å². The van der Waals surface area contributed by atoms with Crippen molar-refractivity contribution in [3.63, 3.8) is 0 Å². The van der Waals surface area contributed by atoms with E-state index in [-0.39, 0.29) is 25.8 Å². The van der Waals surface area contributed by atoms with Crippen LogP contribution in [-0.2, 0) is 24.6 Å². The van der Waals surface area contributed by atoms with Crippen molar-refractivity contribution in [2.75, 3.05) is 19.7 Å². The lowest BCUT2D eigenvalue weighted by Crippen LogP contribution is -2.45. The smallest absolute Gasteiger partial charge is 0.375 e. The molecule has 1 saturated heterocycles. The molecule has 1 aliphatic rings. The number of rotatable bonds is 4. The number of alkyl halides is 3. The molecular formula is C13H16F3NO5S2. The summed E-state index contributed by atoms with van der Waals surface area (Å²) < 4.78 is 93.5. The summed E-state index contributed by atoms with van der Waals surface area (Å²) in [5, 5.41) is 0. The van der Waals surface area contributed by atoms with E-state index in [9.17, 15) is 30.0 Å². The highest BCUT2D eigenvalue weighted by Gasteiger charge is 2.49. The monoisotopic (exact) mass is 387 g/mol. The standard InChI is InChI=1S/C13H16F3NO5S2/c1-2-10-9-17(7-8-22-10)24(20,21)12-6-4-3-5-11(12)23(18,19)13(14,15)16/h3-6,10H,2,7-9H2,1H3/t10-/m1/s1. The van der Waals surface area contributed by atoms with E-state index in [1.807, 2.05) is 0 Å². The van der Waals surface area contributed by atoms with E-state index in [1.165, 1.54) is 6.07 Å². The van der Waals surface area contributed by atoms with Crippen LogP contribution in [0.3, 0.4) is 0 Å². The summed E-state index contributed by atoms with van der Waals surface area (Å²) >= 11 is 0. The Morgan fingerprint density at radius 2 is 1.75 bits per heavy atom. The van der Waals surface area contributed by atoms with Crippen LogP contribution in [0.1, 0.15) is 13.3 Å². The normalized spacial score (nSPS) is 20.9. The largest absolute Gasteiger partial charge is 0.501 e. The summed E-state index contributed by atoms with van der Waals surface area (Å²) in [7, 11) is -10.2. The van der Waals surface area contributed by atoms with E-state index in [0.717, 1.165) is 16.4 Å². The van der Waals surface area contributed by atoms with Gasteiger partial charge in [0, 0.05) is 13.1 Å². The third-order valence-corrected chi connectivity index (χ3v) is 7.22. The van der Waals surface area contributed by atoms with Gasteiger partial charge in [0.2, 0.25) is 10.0 Å². The van der Waals surface area contributed by atoms with Crippen LogP contribution in [0.5, 0.6) is 0 Å². The number of halogens is 3. The van der Waals surface area contributed by atoms with Crippen molar-refractivity contribution in [1.29, 1.82) is 0 Å². The fourth-order valence-electron chi connectivity index (χ4n) is 2.31. The van der Waals surface area contributed by atoms with Crippen molar-refractivity contribution in [3.8, 4) is 0 Å². The van der Waals surface area contributed by atoms with E-state index < -0.39 is 35.2 Å². The number of hydrogen-bond donors (Lipinski definition) is 0. The molecule has 136 valence electrons. The van der Waals surface area contributed by atoms with Gasteiger partial charge >= 0.3 is 5.51 Å². The van der Waals surface area contributed by atoms with Gasteiger partial charge in [-0.05, 0) is 18.6 Å². The summed E-state index contributed by atoms with van der Waals surface area (Å²) in [4.78, 5) is -2.14. The second-order valence-corrected chi connectivity index (χ2v) is 8.98. The van der Waals surface area contributed by atoms with Gasteiger partial charge in [0.25, 0.3) is 9.84 Å². The molecule has 1 fully saturated rings. The fourth-order valence-corrected chi connectivity index (χ4v) is 5.32. The molecule has 24 heavy (non-hydrogen) atoms. The van der Waals surface area contributed by atoms with Crippen molar-refractivity contribution in [1.82, 2.24) is 4.31 Å². The number of sulfone groups is 1. The van der Waals surface area contributed by atoms with Gasteiger partial charge in [-0.15, -0.1) is 0 Å². The average Bonchev–Trinajstić information content (AvgIpc) is 2.54. The van der Waals surface area contributed by atoms with E-state index in [1.54, 1.807) is 6.92 Å². The predicted molar refractivity (Wildman–Crippen MR) is 78.5 cm³/mol. The molecule has 0 radical (unpaired) electrons. The second-order valence-electron chi connectivity index (χ2n) is 5.16. The predicted octanol–water partition coefficient (Wildman–Crippen LogP) is 1.78. The lowest BCUT2D eigenvalue weighted by Gasteiger charge is -2.32. The van der Waals surface area contributed by atoms with Gasteiger partial charge in [-0.2, -0.15) is 17.5 Å². The summed E-state index contributed by atoms with van der Waals surface area (Å²) in [6, 6.07) is 3.74. The highest BCUT2D eigenvalue weighted by atomic mass is 32.2. The Balaban J connectivity index is 2.53. The van der Waals surface area contributed by atoms with Crippen LogP contribution in [0.15, 0.2) is 34.1 Å². The molecule has 1 aromatic rings. The first-order valence-electron chi connectivity index (χ1n) is 7.04. The molecule has 0 spiro atoms. The molecule has 1 heterocycles. The number of benzene rings is 1. The molecule has 1 aromatic carbocycles. The fraction of sp³-hybridized carbons (Fsp3) is 0.538. The lowest BCUT2D eigenvalue weighted by molar-refractivity contribution is -0.0437. The van der Waals surface area contributed by atoms with Gasteiger partial charge in [0.15, 0.2) is 0 Å². The second kappa shape index (κ2) is 6.62. The van der Waals surface area contributed by atoms with Crippen LogP contribution in [0.2, 0.25) is 0 Å². The van der Waals surface area contributed by atoms with Crippen LogP contribution >= 0.6 is 0 Å². The van der Waals surface area contributed by atoms with E-state index in [2.05, 4.69) is 0 Å². The van der Waals surface area contributed by atoms with E-state index in [4.69, 9.17) is 4.74 Å². The Kier molecular flexibility index (Phi) is 5.28. The number of ether oxygens (including phenoxy) is 1. The van der Waals surface area contributed by atoms with Crippen LogP contribution in [0.4, 0.5) is 13.2 Å². The van der Waals surface area contributed by atoms with Gasteiger partial charge in [-0.3, -0.25) is 0 Å². The molecule has 0 N–H and O–H groups in total. The molecule has 1 aliphatic heterocycles. The zero-order valence-corrected chi connectivity index (χ0v) is 14.3. The van der Waals surface area contributed by atoms with Gasteiger partial charge in [-0.1, -0.05) is 19.1 Å². The minimum absolute atomic E-state index is 0.0424. The highest BCUT2D eigenvalue weighted by Crippen LogP contribution is 2.35. The number of hydrogen-bond acceptors (Lipinski definition) is 5. The summed E-state index contributed by atoms with van der Waals surface area (Å²) in [5.74, 6) is 0. The minimum atomic E-state index is -5.79. The van der Waals surface area contributed by atoms with Crippen molar-refractivity contribution in [3.05, 3.63) is 24.3 Å². The SMILES string of the molecule is CC[C@@H]1CN(S(=O)(=O)c2ccccc2S(=O)(=O)C(F)(F)F)CCO1. The Bertz CT molecular complexity index is 805. The molecule has 0 bridgehead atoms. The van der Waals surface area contributed by atoms with Crippen molar-refractivity contribution >= 4 is 19.9 Å². The maximum Gasteiger partial charge on any atom is 0.501 e. The zero-order valence-electron chi connectivity index (χ0n) is 12.7. The maximum atomic E-state index is 12.8. The quantitative estimate of drug-likeness (QED) is 0.787.